The third-order valence-electron chi connectivity index (χ3n) is 2.68. The Bertz CT molecular complexity index is 358. The standard InChI is InChI=1S/C14H25N3O/c1-4-7-15-10-13-6-5-8-17(13)11-14(18)16-9-12(2)3/h5-6,8,12,15H,4,7,9-11H2,1-3H3,(H,16,18). The molecule has 2 N–H and O–H groups in total. The molecule has 0 saturated heterocycles. The molecule has 0 aliphatic heterocycles. The molecule has 0 radical (unpaired) electrons. The monoisotopic (exact) mass is 251 g/mol. The van der Waals surface area contributed by atoms with Crippen molar-refractivity contribution in [1.82, 2.24) is 15.2 Å². The van der Waals surface area contributed by atoms with E-state index in [9.17, 15) is 4.79 Å². The molecule has 1 heterocycles. The highest BCUT2D eigenvalue weighted by molar-refractivity contribution is 5.75. The summed E-state index contributed by atoms with van der Waals surface area (Å²) in [4.78, 5) is 11.7. The van der Waals surface area contributed by atoms with E-state index in [1.165, 1.54) is 0 Å². The number of aromatic nitrogens is 1. The summed E-state index contributed by atoms with van der Waals surface area (Å²) in [6.07, 6.45) is 3.08. The lowest BCUT2D eigenvalue weighted by Gasteiger charge is -2.11. The maximum atomic E-state index is 11.7. The fourth-order valence-corrected chi connectivity index (χ4v) is 1.69. The number of rotatable bonds is 8. The molecular formula is C14H25N3O. The lowest BCUT2D eigenvalue weighted by atomic mass is 10.2. The Morgan fingerprint density at radius 1 is 1.44 bits per heavy atom. The molecule has 4 nitrogen and oxygen atoms in total. The van der Waals surface area contributed by atoms with Crippen molar-refractivity contribution in [3.63, 3.8) is 0 Å². The maximum Gasteiger partial charge on any atom is 0.239 e. The van der Waals surface area contributed by atoms with E-state index in [-0.39, 0.29) is 5.91 Å². The van der Waals surface area contributed by atoms with Gasteiger partial charge in [-0.05, 0) is 31.0 Å². The summed E-state index contributed by atoms with van der Waals surface area (Å²) in [5, 5.41) is 6.28. The molecule has 0 fully saturated rings. The van der Waals surface area contributed by atoms with E-state index in [0.717, 1.165) is 31.7 Å². The lowest BCUT2D eigenvalue weighted by molar-refractivity contribution is -0.121. The van der Waals surface area contributed by atoms with Crippen molar-refractivity contribution < 1.29 is 4.79 Å². The largest absolute Gasteiger partial charge is 0.354 e. The zero-order valence-electron chi connectivity index (χ0n) is 11.7. The summed E-state index contributed by atoms with van der Waals surface area (Å²) in [5.74, 6) is 0.570. The molecule has 102 valence electrons. The molecular weight excluding hydrogens is 226 g/mol. The van der Waals surface area contributed by atoms with Crippen LogP contribution in [0.15, 0.2) is 18.3 Å². The highest BCUT2D eigenvalue weighted by Crippen LogP contribution is 2.02. The first-order valence-corrected chi connectivity index (χ1v) is 6.75. The van der Waals surface area contributed by atoms with Crippen LogP contribution in [-0.4, -0.2) is 23.6 Å². The van der Waals surface area contributed by atoms with Crippen molar-refractivity contribution >= 4 is 5.91 Å². The minimum Gasteiger partial charge on any atom is -0.354 e. The van der Waals surface area contributed by atoms with Crippen molar-refractivity contribution in [1.29, 1.82) is 0 Å². The average Bonchev–Trinajstić information content (AvgIpc) is 2.74. The molecule has 0 bridgehead atoms. The number of carbonyl (C=O) groups is 1. The van der Waals surface area contributed by atoms with Gasteiger partial charge in [0, 0.05) is 25.0 Å². The van der Waals surface area contributed by atoms with E-state index in [1.54, 1.807) is 0 Å². The fraction of sp³-hybridized carbons (Fsp3) is 0.643. The van der Waals surface area contributed by atoms with Gasteiger partial charge in [-0.3, -0.25) is 4.79 Å². The van der Waals surface area contributed by atoms with Gasteiger partial charge in [-0.15, -0.1) is 0 Å². The second-order valence-corrected chi connectivity index (χ2v) is 5.00. The smallest absolute Gasteiger partial charge is 0.239 e. The highest BCUT2D eigenvalue weighted by Gasteiger charge is 2.06. The molecule has 0 aliphatic carbocycles. The Kier molecular flexibility index (Phi) is 6.50. The zero-order chi connectivity index (χ0) is 13.4. The molecule has 4 heteroatoms. The molecule has 0 unspecified atom stereocenters. The van der Waals surface area contributed by atoms with Gasteiger partial charge in [-0.1, -0.05) is 20.8 Å². The Morgan fingerprint density at radius 3 is 2.89 bits per heavy atom. The molecule has 18 heavy (non-hydrogen) atoms. The van der Waals surface area contributed by atoms with E-state index in [1.807, 2.05) is 16.8 Å². The van der Waals surface area contributed by atoms with Crippen molar-refractivity contribution in [3.05, 3.63) is 24.0 Å². The predicted octanol–water partition coefficient (Wildman–Crippen LogP) is 1.76. The quantitative estimate of drug-likeness (QED) is 0.692. The van der Waals surface area contributed by atoms with Gasteiger partial charge in [0.15, 0.2) is 0 Å². The first kappa shape index (κ1) is 14.8. The third-order valence-corrected chi connectivity index (χ3v) is 2.68. The van der Waals surface area contributed by atoms with Crippen LogP contribution in [0.4, 0.5) is 0 Å². The maximum absolute atomic E-state index is 11.7. The predicted molar refractivity (Wildman–Crippen MR) is 74.3 cm³/mol. The summed E-state index contributed by atoms with van der Waals surface area (Å²) in [6.45, 7) is 9.30. The Morgan fingerprint density at radius 2 is 2.22 bits per heavy atom. The lowest BCUT2D eigenvalue weighted by Crippen LogP contribution is -2.31. The fourth-order valence-electron chi connectivity index (χ4n) is 1.69. The summed E-state index contributed by atoms with van der Waals surface area (Å²) >= 11 is 0. The second kappa shape index (κ2) is 7.93. The molecule has 0 aromatic carbocycles. The minimum atomic E-state index is 0.0802. The number of hydrogen-bond acceptors (Lipinski definition) is 2. The Labute approximate surface area is 110 Å². The average molecular weight is 251 g/mol. The number of nitrogens with one attached hydrogen (secondary N) is 2. The Balaban J connectivity index is 2.41. The van der Waals surface area contributed by atoms with Gasteiger partial charge in [-0.2, -0.15) is 0 Å². The summed E-state index contributed by atoms with van der Waals surface area (Å²) in [7, 11) is 0. The van der Waals surface area contributed by atoms with Crippen molar-refractivity contribution in [2.45, 2.75) is 40.3 Å². The first-order chi connectivity index (χ1) is 8.63. The van der Waals surface area contributed by atoms with Crippen molar-refractivity contribution in [3.8, 4) is 0 Å². The molecule has 0 spiro atoms. The zero-order valence-corrected chi connectivity index (χ0v) is 11.7. The number of hydrogen-bond donors (Lipinski definition) is 2. The first-order valence-electron chi connectivity index (χ1n) is 6.75. The molecule has 1 aromatic rings. The summed E-state index contributed by atoms with van der Waals surface area (Å²) in [6, 6.07) is 4.04. The number of nitrogens with zero attached hydrogens (tertiary/aromatic N) is 1. The van der Waals surface area contributed by atoms with E-state index >= 15 is 0 Å². The van der Waals surface area contributed by atoms with E-state index in [2.05, 4.69) is 37.5 Å². The van der Waals surface area contributed by atoms with Crippen LogP contribution in [0.25, 0.3) is 0 Å². The summed E-state index contributed by atoms with van der Waals surface area (Å²) < 4.78 is 2.00. The van der Waals surface area contributed by atoms with Crippen LogP contribution in [0.3, 0.4) is 0 Å². The normalized spacial score (nSPS) is 10.9. The van der Waals surface area contributed by atoms with Crippen LogP contribution in [0.5, 0.6) is 0 Å². The third kappa shape index (κ3) is 5.36. The second-order valence-electron chi connectivity index (χ2n) is 5.00. The van der Waals surface area contributed by atoms with Gasteiger partial charge in [0.25, 0.3) is 0 Å². The van der Waals surface area contributed by atoms with Crippen LogP contribution in [0.2, 0.25) is 0 Å². The summed E-state index contributed by atoms with van der Waals surface area (Å²) in [5.41, 5.74) is 1.16. The topological polar surface area (TPSA) is 46.1 Å². The molecule has 1 amide bonds. The SMILES string of the molecule is CCCNCc1cccn1CC(=O)NCC(C)C. The molecule has 1 aromatic heterocycles. The van der Waals surface area contributed by atoms with Crippen LogP contribution in [0.1, 0.15) is 32.9 Å². The van der Waals surface area contributed by atoms with E-state index in [0.29, 0.717) is 12.5 Å². The van der Waals surface area contributed by atoms with Gasteiger partial charge in [0.2, 0.25) is 5.91 Å². The van der Waals surface area contributed by atoms with Gasteiger partial charge < -0.3 is 15.2 Å². The minimum absolute atomic E-state index is 0.0802. The van der Waals surface area contributed by atoms with Crippen molar-refractivity contribution in [2.24, 2.45) is 5.92 Å². The molecule has 0 saturated carbocycles. The van der Waals surface area contributed by atoms with Crippen LogP contribution in [-0.2, 0) is 17.9 Å². The van der Waals surface area contributed by atoms with Gasteiger partial charge in [0.05, 0.1) is 0 Å². The van der Waals surface area contributed by atoms with Crippen LogP contribution >= 0.6 is 0 Å². The van der Waals surface area contributed by atoms with Gasteiger partial charge >= 0.3 is 0 Å². The number of amides is 1. The Hall–Kier alpha value is -1.29. The van der Waals surface area contributed by atoms with Crippen LogP contribution < -0.4 is 10.6 Å². The van der Waals surface area contributed by atoms with Crippen molar-refractivity contribution in [2.75, 3.05) is 13.1 Å². The molecule has 0 aliphatic rings. The van der Waals surface area contributed by atoms with E-state index in [4.69, 9.17) is 0 Å². The number of carbonyl (C=O) groups excluding carboxylic acids is 1. The van der Waals surface area contributed by atoms with Gasteiger partial charge in [-0.25, -0.2) is 0 Å². The van der Waals surface area contributed by atoms with Gasteiger partial charge in [0.1, 0.15) is 6.54 Å². The van der Waals surface area contributed by atoms with Crippen LogP contribution in [0, 0.1) is 5.92 Å². The molecule has 0 atom stereocenters. The molecule has 1 rings (SSSR count). The van der Waals surface area contributed by atoms with E-state index < -0.39 is 0 Å². The highest BCUT2D eigenvalue weighted by atomic mass is 16.1.